The lowest BCUT2D eigenvalue weighted by Crippen LogP contribution is -2.38. The van der Waals surface area contributed by atoms with Crippen molar-refractivity contribution in [1.82, 2.24) is 4.90 Å². The predicted octanol–water partition coefficient (Wildman–Crippen LogP) is -0.211. The Bertz CT molecular complexity index is 216. The topological polar surface area (TPSA) is 49.5 Å². The minimum absolute atomic E-state index is 0.190. The van der Waals surface area contributed by atoms with Crippen LogP contribution in [0.1, 0.15) is 12.8 Å². The molecular formula is C8H14F2N2O. The van der Waals surface area contributed by atoms with Crippen LogP contribution in [0.2, 0.25) is 0 Å². The largest absolute Gasteiger partial charge is 0.389 e. The first-order valence-electron chi connectivity index (χ1n) is 4.49. The highest BCUT2D eigenvalue weighted by molar-refractivity contribution is 5.01. The summed E-state index contributed by atoms with van der Waals surface area (Å²) in [4.78, 5) is 1.55. The Labute approximate surface area is 75.5 Å². The van der Waals surface area contributed by atoms with Gasteiger partial charge in [0.1, 0.15) is 0 Å². The number of nitrogens with two attached hydrogens (primary N) is 1. The maximum atomic E-state index is 12.9. The summed E-state index contributed by atoms with van der Waals surface area (Å²) in [6.45, 7) is 0.224. The van der Waals surface area contributed by atoms with Gasteiger partial charge in [-0.15, -0.1) is 0 Å². The van der Waals surface area contributed by atoms with E-state index >= 15 is 0 Å². The van der Waals surface area contributed by atoms with Gasteiger partial charge in [-0.1, -0.05) is 0 Å². The number of halogens is 2. The van der Waals surface area contributed by atoms with E-state index in [9.17, 15) is 13.9 Å². The lowest BCUT2D eigenvalue weighted by molar-refractivity contribution is -0.00531. The normalized spacial score (nSPS) is 36.5. The van der Waals surface area contributed by atoms with Crippen LogP contribution in [0.15, 0.2) is 0 Å². The van der Waals surface area contributed by atoms with E-state index < -0.39 is 17.6 Å². The summed E-state index contributed by atoms with van der Waals surface area (Å²) in [5, 5.41) is 9.52. The SMILES string of the molecule is NC1CN(CC2(O)CC2)CC1(F)F. The molecule has 1 aliphatic carbocycles. The van der Waals surface area contributed by atoms with Crippen LogP contribution in [0.25, 0.3) is 0 Å². The van der Waals surface area contributed by atoms with E-state index in [2.05, 4.69) is 0 Å². The van der Waals surface area contributed by atoms with Gasteiger partial charge in [-0.05, 0) is 12.8 Å². The predicted molar refractivity (Wildman–Crippen MR) is 43.5 cm³/mol. The van der Waals surface area contributed by atoms with Crippen molar-refractivity contribution in [3.63, 3.8) is 0 Å². The van der Waals surface area contributed by atoms with Gasteiger partial charge in [-0.2, -0.15) is 0 Å². The Morgan fingerprint density at radius 1 is 1.46 bits per heavy atom. The van der Waals surface area contributed by atoms with Crippen LogP contribution in [0.3, 0.4) is 0 Å². The van der Waals surface area contributed by atoms with Crippen LogP contribution in [0.5, 0.6) is 0 Å². The molecule has 0 aromatic carbocycles. The molecule has 0 aromatic heterocycles. The first kappa shape index (κ1) is 9.30. The minimum atomic E-state index is -2.79. The van der Waals surface area contributed by atoms with Crippen LogP contribution in [-0.2, 0) is 0 Å². The number of likely N-dealkylation sites (tertiary alicyclic amines) is 1. The number of β-amino-alcohol motifs (C(OH)–C–C–N with tert-alkyl or cyclic N) is 1. The monoisotopic (exact) mass is 192 g/mol. The first-order valence-corrected chi connectivity index (χ1v) is 4.49. The molecule has 0 aromatic rings. The Balaban J connectivity index is 1.90. The molecule has 2 aliphatic rings. The van der Waals surface area contributed by atoms with Crippen molar-refractivity contribution in [2.75, 3.05) is 19.6 Å². The van der Waals surface area contributed by atoms with Gasteiger partial charge in [0.25, 0.3) is 5.92 Å². The standard InChI is InChI=1S/C8H14F2N2O/c9-8(10)5-12(3-6(8)11)4-7(13)1-2-7/h6,13H,1-5,11H2. The molecule has 3 N–H and O–H groups in total. The van der Waals surface area contributed by atoms with Gasteiger partial charge in [0.15, 0.2) is 0 Å². The molecule has 1 saturated carbocycles. The molecule has 3 nitrogen and oxygen atoms in total. The maximum absolute atomic E-state index is 12.9. The number of rotatable bonds is 2. The van der Waals surface area contributed by atoms with Crippen molar-refractivity contribution in [1.29, 1.82) is 0 Å². The second-order valence-electron chi connectivity index (χ2n) is 4.26. The van der Waals surface area contributed by atoms with Crippen molar-refractivity contribution >= 4 is 0 Å². The summed E-state index contributed by atoms with van der Waals surface area (Å²) in [6, 6.07) is -1.07. The Morgan fingerprint density at radius 3 is 2.46 bits per heavy atom. The molecule has 2 fully saturated rings. The molecule has 1 atom stereocenters. The number of hydrogen-bond donors (Lipinski definition) is 2. The zero-order valence-corrected chi connectivity index (χ0v) is 7.34. The molecule has 0 amide bonds. The second kappa shape index (κ2) is 2.62. The molecule has 1 heterocycles. The van der Waals surface area contributed by atoms with Crippen LogP contribution < -0.4 is 5.73 Å². The van der Waals surface area contributed by atoms with E-state index in [0.717, 1.165) is 12.8 Å². The van der Waals surface area contributed by atoms with Gasteiger partial charge in [0, 0.05) is 13.1 Å². The first-order chi connectivity index (χ1) is 5.91. The van der Waals surface area contributed by atoms with Gasteiger partial charge in [0.2, 0.25) is 0 Å². The van der Waals surface area contributed by atoms with Gasteiger partial charge in [0.05, 0.1) is 18.2 Å². The van der Waals surface area contributed by atoms with E-state index in [4.69, 9.17) is 5.73 Å². The molecule has 5 heteroatoms. The fraction of sp³-hybridized carbons (Fsp3) is 1.00. The fourth-order valence-electron chi connectivity index (χ4n) is 1.73. The molecule has 1 saturated heterocycles. The molecule has 2 rings (SSSR count). The number of alkyl halides is 2. The van der Waals surface area contributed by atoms with E-state index in [1.165, 1.54) is 0 Å². The quantitative estimate of drug-likeness (QED) is 0.636. The molecule has 1 aliphatic heterocycles. The molecular weight excluding hydrogens is 178 g/mol. The number of aliphatic hydroxyl groups is 1. The molecule has 0 bridgehead atoms. The lowest BCUT2D eigenvalue weighted by atomic mass is 10.2. The molecule has 0 radical (unpaired) electrons. The van der Waals surface area contributed by atoms with Gasteiger partial charge in [-0.25, -0.2) is 8.78 Å². The van der Waals surface area contributed by atoms with Gasteiger partial charge >= 0.3 is 0 Å². The molecule has 0 spiro atoms. The zero-order chi connectivity index (χ0) is 9.69. The zero-order valence-electron chi connectivity index (χ0n) is 7.34. The molecule has 13 heavy (non-hydrogen) atoms. The third-order valence-electron chi connectivity index (χ3n) is 2.78. The summed E-state index contributed by atoms with van der Waals surface area (Å²) in [6.07, 6.45) is 1.45. The van der Waals surface area contributed by atoms with E-state index in [0.29, 0.717) is 6.54 Å². The average Bonchev–Trinajstić information content (AvgIpc) is 2.59. The highest BCUT2D eigenvalue weighted by Gasteiger charge is 2.50. The highest BCUT2D eigenvalue weighted by Crippen LogP contribution is 2.37. The van der Waals surface area contributed by atoms with Crippen LogP contribution in [-0.4, -0.2) is 47.2 Å². The van der Waals surface area contributed by atoms with E-state index in [-0.39, 0.29) is 13.1 Å². The second-order valence-corrected chi connectivity index (χ2v) is 4.26. The molecule has 76 valence electrons. The third-order valence-corrected chi connectivity index (χ3v) is 2.78. The average molecular weight is 192 g/mol. The number of nitrogens with zero attached hydrogens (tertiary/aromatic N) is 1. The minimum Gasteiger partial charge on any atom is -0.389 e. The van der Waals surface area contributed by atoms with Crippen LogP contribution >= 0.6 is 0 Å². The Hall–Kier alpha value is -0.260. The molecule has 1 unspecified atom stereocenters. The van der Waals surface area contributed by atoms with Crippen molar-refractivity contribution in [3.8, 4) is 0 Å². The van der Waals surface area contributed by atoms with Crippen molar-refractivity contribution < 1.29 is 13.9 Å². The van der Waals surface area contributed by atoms with Crippen molar-refractivity contribution in [3.05, 3.63) is 0 Å². The van der Waals surface area contributed by atoms with Crippen molar-refractivity contribution in [2.24, 2.45) is 5.73 Å². The fourth-order valence-corrected chi connectivity index (χ4v) is 1.73. The Morgan fingerprint density at radius 2 is 2.08 bits per heavy atom. The van der Waals surface area contributed by atoms with E-state index in [1.807, 2.05) is 0 Å². The number of hydrogen-bond acceptors (Lipinski definition) is 3. The summed E-state index contributed by atoms with van der Waals surface area (Å²) in [5.41, 5.74) is 4.57. The summed E-state index contributed by atoms with van der Waals surface area (Å²) in [7, 11) is 0. The lowest BCUT2D eigenvalue weighted by Gasteiger charge is -2.18. The van der Waals surface area contributed by atoms with Crippen molar-refractivity contribution in [2.45, 2.75) is 30.4 Å². The van der Waals surface area contributed by atoms with Gasteiger partial charge < -0.3 is 10.8 Å². The third kappa shape index (κ3) is 1.82. The van der Waals surface area contributed by atoms with Gasteiger partial charge in [-0.3, -0.25) is 4.90 Å². The van der Waals surface area contributed by atoms with Crippen LogP contribution in [0.4, 0.5) is 8.78 Å². The summed E-state index contributed by atoms with van der Waals surface area (Å²) in [5.74, 6) is -2.79. The summed E-state index contributed by atoms with van der Waals surface area (Å²) >= 11 is 0. The maximum Gasteiger partial charge on any atom is 0.276 e. The van der Waals surface area contributed by atoms with E-state index in [1.54, 1.807) is 4.90 Å². The highest BCUT2D eigenvalue weighted by atomic mass is 19.3. The Kier molecular flexibility index (Phi) is 1.87. The summed E-state index contributed by atoms with van der Waals surface area (Å²) < 4.78 is 25.9. The van der Waals surface area contributed by atoms with Crippen LogP contribution in [0, 0.1) is 0 Å². The smallest absolute Gasteiger partial charge is 0.276 e.